The topological polar surface area (TPSA) is 149 Å². The molecule has 1 heterocycles. The van der Waals surface area contributed by atoms with Crippen LogP contribution in [0.2, 0.25) is 0 Å². The van der Waals surface area contributed by atoms with Gasteiger partial charge in [0.1, 0.15) is 24.4 Å². The maximum Gasteiger partial charge on any atom is 0.220 e. The maximum absolute atomic E-state index is 13.0. The number of carbonyl (C=O) groups is 1. The second-order valence-electron chi connectivity index (χ2n) is 19.0. The fourth-order valence-electron chi connectivity index (χ4n) is 8.93. The third-order valence-electron chi connectivity index (χ3n) is 13.2. The number of amides is 1. The van der Waals surface area contributed by atoms with Crippen LogP contribution >= 0.6 is 0 Å². The normalized spacial score (nSPS) is 20.3. The zero-order valence-electron chi connectivity index (χ0n) is 40.2. The lowest BCUT2D eigenvalue weighted by atomic mass is 9.99. The van der Waals surface area contributed by atoms with Crippen molar-refractivity contribution in [1.29, 1.82) is 0 Å². The van der Waals surface area contributed by atoms with E-state index in [0.29, 0.717) is 12.8 Å². The van der Waals surface area contributed by atoms with Gasteiger partial charge < -0.3 is 40.3 Å². The number of aliphatic hydroxyl groups is 5. The second kappa shape index (κ2) is 43.1. The molecule has 2 unspecified atom stereocenters. The monoisotopic (exact) mass is 870 g/mol. The van der Waals surface area contributed by atoms with E-state index in [0.717, 1.165) is 38.5 Å². The van der Waals surface area contributed by atoms with Crippen molar-refractivity contribution in [2.24, 2.45) is 0 Å². The minimum atomic E-state index is -1.55. The molecule has 0 spiro atoms. The lowest BCUT2D eigenvalue weighted by Gasteiger charge is -2.40. The molecule has 1 saturated heterocycles. The Kier molecular flexibility index (Phi) is 41.1. The molecule has 6 N–H and O–H groups in total. The average Bonchev–Trinajstić information content (AvgIpc) is 3.26. The van der Waals surface area contributed by atoms with E-state index in [-0.39, 0.29) is 12.5 Å². The Morgan fingerprint density at radius 2 is 0.820 bits per heavy atom. The Labute approximate surface area is 376 Å². The smallest absolute Gasteiger partial charge is 0.220 e. The first-order chi connectivity index (χ1) is 29.8. The van der Waals surface area contributed by atoms with Gasteiger partial charge in [0.15, 0.2) is 6.29 Å². The van der Waals surface area contributed by atoms with Crippen LogP contribution in [0.3, 0.4) is 0 Å². The van der Waals surface area contributed by atoms with Crippen molar-refractivity contribution < 1.29 is 39.8 Å². The van der Waals surface area contributed by atoms with Crippen molar-refractivity contribution in [2.45, 2.75) is 314 Å². The summed E-state index contributed by atoms with van der Waals surface area (Å²) in [5.74, 6) is -0.138. The van der Waals surface area contributed by atoms with Gasteiger partial charge in [0, 0.05) is 6.42 Å². The summed E-state index contributed by atoms with van der Waals surface area (Å²) in [7, 11) is 0. The molecule has 7 atom stereocenters. The van der Waals surface area contributed by atoms with E-state index >= 15 is 0 Å². The molecule has 0 aromatic rings. The largest absolute Gasteiger partial charge is 0.394 e. The number of nitrogens with one attached hydrogen (secondary N) is 1. The van der Waals surface area contributed by atoms with E-state index in [4.69, 9.17) is 9.47 Å². The van der Waals surface area contributed by atoms with Gasteiger partial charge in [0.25, 0.3) is 0 Å². The number of rotatable bonds is 46. The molecule has 0 aliphatic carbocycles. The van der Waals surface area contributed by atoms with Gasteiger partial charge in [-0.2, -0.15) is 0 Å². The van der Waals surface area contributed by atoms with Crippen LogP contribution in [0.15, 0.2) is 0 Å². The summed E-state index contributed by atoms with van der Waals surface area (Å²) in [4.78, 5) is 13.0. The zero-order chi connectivity index (χ0) is 44.4. The quantitative estimate of drug-likeness (QED) is 0.0331. The molecule has 0 aromatic heterocycles. The number of hydrogen-bond acceptors (Lipinski definition) is 8. The number of carbonyl (C=O) groups excluding carboxylic acids is 1. The Balaban J connectivity index is 2.15. The lowest BCUT2D eigenvalue weighted by Crippen LogP contribution is -2.60. The van der Waals surface area contributed by atoms with Crippen LogP contribution in [0.4, 0.5) is 0 Å². The highest BCUT2D eigenvalue weighted by molar-refractivity contribution is 5.76. The van der Waals surface area contributed by atoms with Crippen LogP contribution in [-0.4, -0.2) is 87.5 Å². The van der Waals surface area contributed by atoms with Gasteiger partial charge in [-0.25, -0.2) is 0 Å². The standard InChI is InChI=1S/C52H103NO8/c1-3-5-7-9-11-13-15-17-18-19-20-21-22-23-24-25-26-27-28-29-30-32-34-36-38-40-42-48(56)53-45(44-60-52-51(59)50(58)49(57)47(43-54)61-52)46(55)41-39-37-35-33-31-16-14-12-10-8-6-4-2/h45-47,49-52,54-55,57-59H,3-44H2,1-2H3,(H,53,56)/t45-,46+,47+,49+,50?,51?,52+/m0/s1. The van der Waals surface area contributed by atoms with Crippen LogP contribution < -0.4 is 5.32 Å². The van der Waals surface area contributed by atoms with Crippen molar-refractivity contribution in [3.05, 3.63) is 0 Å². The molecular weight excluding hydrogens is 767 g/mol. The third kappa shape index (κ3) is 33.3. The predicted octanol–water partition coefficient (Wildman–Crippen LogP) is 12.3. The predicted molar refractivity (Wildman–Crippen MR) is 254 cm³/mol. The number of ether oxygens (including phenoxy) is 2. The van der Waals surface area contributed by atoms with Gasteiger partial charge in [-0.3, -0.25) is 4.79 Å². The molecule has 9 heteroatoms. The van der Waals surface area contributed by atoms with E-state index in [1.807, 2.05) is 0 Å². The minimum Gasteiger partial charge on any atom is -0.394 e. The molecule has 0 saturated carbocycles. The molecule has 1 rings (SSSR count). The highest BCUT2D eigenvalue weighted by atomic mass is 16.7. The SMILES string of the molecule is CCCCCCCCCCCCCCCCCCCCCCCCCCCCC(=O)N[C@@H](CO[C@@H]1O[C@H](CO)[C@@H](O)C(O)C1O)[C@H](O)CCCCCCCCCCCCCC. The van der Waals surface area contributed by atoms with E-state index in [2.05, 4.69) is 19.2 Å². The molecule has 0 bridgehead atoms. The fourth-order valence-corrected chi connectivity index (χ4v) is 8.93. The van der Waals surface area contributed by atoms with E-state index in [1.54, 1.807) is 0 Å². The maximum atomic E-state index is 13.0. The van der Waals surface area contributed by atoms with Crippen molar-refractivity contribution in [3.8, 4) is 0 Å². The second-order valence-corrected chi connectivity index (χ2v) is 19.0. The molecule has 0 aromatic carbocycles. The molecule has 1 amide bonds. The summed E-state index contributed by atoms with van der Waals surface area (Å²) < 4.78 is 11.3. The molecule has 9 nitrogen and oxygen atoms in total. The highest BCUT2D eigenvalue weighted by Gasteiger charge is 2.44. The molecule has 364 valence electrons. The first kappa shape index (κ1) is 58.2. The van der Waals surface area contributed by atoms with Crippen molar-refractivity contribution in [1.82, 2.24) is 5.32 Å². The van der Waals surface area contributed by atoms with E-state index in [1.165, 1.54) is 205 Å². The van der Waals surface area contributed by atoms with Crippen LogP contribution in [0.25, 0.3) is 0 Å². The average molecular weight is 870 g/mol. The Bertz CT molecular complexity index is 924. The summed E-state index contributed by atoms with van der Waals surface area (Å²) in [6.07, 6.45) is 42.8. The lowest BCUT2D eigenvalue weighted by molar-refractivity contribution is -0.302. The third-order valence-corrected chi connectivity index (χ3v) is 13.2. The summed E-state index contributed by atoms with van der Waals surface area (Å²) in [6, 6.07) is -0.711. The minimum absolute atomic E-state index is 0.132. The first-order valence-corrected chi connectivity index (χ1v) is 26.7. The summed E-state index contributed by atoms with van der Waals surface area (Å²) in [5.41, 5.74) is 0. The Morgan fingerprint density at radius 1 is 0.492 bits per heavy atom. The molecule has 1 fully saturated rings. The van der Waals surface area contributed by atoms with Crippen molar-refractivity contribution in [2.75, 3.05) is 13.2 Å². The van der Waals surface area contributed by atoms with E-state index < -0.39 is 49.5 Å². The first-order valence-electron chi connectivity index (χ1n) is 26.7. The van der Waals surface area contributed by atoms with Crippen molar-refractivity contribution in [3.63, 3.8) is 0 Å². The van der Waals surface area contributed by atoms with Crippen LogP contribution in [-0.2, 0) is 14.3 Å². The van der Waals surface area contributed by atoms with Gasteiger partial charge in [-0.05, 0) is 12.8 Å². The van der Waals surface area contributed by atoms with E-state index in [9.17, 15) is 30.3 Å². The van der Waals surface area contributed by atoms with Gasteiger partial charge in [-0.15, -0.1) is 0 Å². The van der Waals surface area contributed by atoms with Crippen molar-refractivity contribution >= 4 is 5.91 Å². The molecule has 0 radical (unpaired) electrons. The molecular formula is C52H103NO8. The summed E-state index contributed by atoms with van der Waals surface area (Å²) in [5, 5.41) is 54.4. The van der Waals surface area contributed by atoms with Gasteiger partial charge >= 0.3 is 0 Å². The van der Waals surface area contributed by atoms with Gasteiger partial charge in [-0.1, -0.05) is 251 Å². The highest BCUT2D eigenvalue weighted by Crippen LogP contribution is 2.23. The molecule has 1 aliphatic heterocycles. The van der Waals surface area contributed by atoms with Crippen LogP contribution in [0.5, 0.6) is 0 Å². The molecule has 61 heavy (non-hydrogen) atoms. The molecule has 1 aliphatic rings. The Morgan fingerprint density at radius 3 is 1.16 bits per heavy atom. The van der Waals surface area contributed by atoms with Gasteiger partial charge in [0.05, 0.1) is 25.4 Å². The van der Waals surface area contributed by atoms with Crippen LogP contribution in [0, 0.1) is 0 Å². The summed E-state index contributed by atoms with van der Waals surface area (Å²) in [6.45, 7) is 3.86. The zero-order valence-corrected chi connectivity index (χ0v) is 40.2. The van der Waals surface area contributed by atoms with Gasteiger partial charge in [0.2, 0.25) is 5.91 Å². The Hall–Kier alpha value is -0.810. The fraction of sp³-hybridized carbons (Fsp3) is 0.981. The number of unbranched alkanes of at least 4 members (excludes halogenated alkanes) is 36. The number of hydrogen-bond donors (Lipinski definition) is 6. The number of aliphatic hydroxyl groups excluding tert-OH is 5. The summed E-state index contributed by atoms with van der Waals surface area (Å²) >= 11 is 0. The van der Waals surface area contributed by atoms with Crippen LogP contribution in [0.1, 0.15) is 271 Å².